The van der Waals surface area contributed by atoms with Crippen molar-refractivity contribution in [2.75, 3.05) is 13.1 Å². The second-order valence-electron chi connectivity index (χ2n) is 4.39. The highest BCUT2D eigenvalue weighted by Gasteiger charge is 2.26. The lowest BCUT2D eigenvalue weighted by Crippen LogP contribution is -2.41. The fraction of sp³-hybridized carbons (Fsp3) is 0.462. The summed E-state index contributed by atoms with van der Waals surface area (Å²) in [6.07, 6.45) is 5.96. The summed E-state index contributed by atoms with van der Waals surface area (Å²) in [4.78, 5) is 10.9. The average Bonchev–Trinajstić information content (AvgIpc) is 2.36. The zero-order chi connectivity index (χ0) is 14.4. The Balaban J connectivity index is 2.92. The molecule has 1 N–H and O–H groups in total. The molecule has 0 aromatic carbocycles. The molecule has 0 saturated carbocycles. The van der Waals surface area contributed by atoms with Crippen LogP contribution in [0.2, 0.25) is 0 Å². The van der Waals surface area contributed by atoms with Gasteiger partial charge in [0, 0.05) is 37.0 Å². The molecular weight excluding hydrogens is 264 g/mol. The van der Waals surface area contributed by atoms with Gasteiger partial charge >= 0.3 is 0 Å². The minimum absolute atomic E-state index is 0.0664. The van der Waals surface area contributed by atoms with Crippen molar-refractivity contribution >= 4 is 17.2 Å². The maximum atomic E-state index is 11.3. The summed E-state index contributed by atoms with van der Waals surface area (Å²) in [7, 11) is 0. The van der Waals surface area contributed by atoms with Crippen LogP contribution in [0.1, 0.15) is 20.3 Å². The van der Waals surface area contributed by atoms with Crippen molar-refractivity contribution in [3.05, 3.63) is 36.1 Å². The predicted molar refractivity (Wildman–Crippen MR) is 74.5 cm³/mol. The van der Waals surface area contributed by atoms with E-state index in [2.05, 4.69) is 11.9 Å². The molecular formula is C13H19N2O3S-. The van der Waals surface area contributed by atoms with E-state index in [1.165, 1.54) is 11.2 Å². The van der Waals surface area contributed by atoms with Crippen LogP contribution in [0.3, 0.4) is 0 Å². The van der Waals surface area contributed by atoms with Gasteiger partial charge in [-0.1, -0.05) is 24.8 Å². The molecule has 1 aliphatic rings. The third-order valence-corrected chi connectivity index (χ3v) is 3.65. The fourth-order valence-corrected chi connectivity index (χ4v) is 2.88. The quantitative estimate of drug-likeness (QED) is 0.789. The van der Waals surface area contributed by atoms with Crippen LogP contribution in [0.4, 0.5) is 0 Å². The van der Waals surface area contributed by atoms with Crippen LogP contribution in [0, 0.1) is 5.92 Å². The van der Waals surface area contributed by atoms with E-state index in [0.717, 1.165) is 12.0 Å². The number of nitrogens with one attached hydrogen (secondary N) is 1. The van der Waals surface area contributed by atoms with Gasteiger partial charge in [-0.2, -0.15) is 0 Å². The molecule has 1 rings (SSSR count). The first kappa shape index (κ1) is 15.7. The van der Waals surface area contributed by atoms with Crippen molar-refractivity contribution < 1.29 is 13.6 Å². The number of nitrogens with zero attached hydrogens (tertiary/aromatic N) is 1. The third-order valence-electron chi connectivity index (χ3n) is 2.94. The third kappa shape index (κ3) is 4.33. The van der Waals surface area contributed by atoms with Crippen molar-refractivity contribution in [3.63, 3.8) is 0 Å². The fourth-order valence-electron chi connectivity index (χ4n) is 2.16. The Labute approximate surface area is 116 Å². The van der Waals surface area contributed by atoms with Gasteiger partial charge in [-0.05, 0) is 24.8 Å². The zero-order valence-electron chi connectivity index (χ0n) is 11.2. The number of hydrogen-bond acceptors (Lipinski definition) is 3. The second-order valence-corrected chi connectivity index (χ2v) is 5.26. The Kier molecular flexibility index (Phi) is 5.98. The number of amides is 1. The molecule has 0 spiro atoms. The first-order valence-electron chi connectivity index (χ1n) is 6.09. The molecule has 1 amide bonds. The molecule has 1 unspecified atom stereocenters. The first-order chi connectivity index (χ1) is 8.99. The summed E-state index contributed by atoms with van der Waals surface area (Å²) in [5.41, 5.74) is 1.61. The largest absolute Gasteiger partial charge is 0.755 e. The molecule has 0 bridgehead atoms. The van der Waals surface area contributed by atoms with Crippen molar-refractivity contribution in [2.45, 2.75) is 20.3 Å². The van der Waals surface area contributed by atoms with Gasteiger partial charge < -0.3 is 14.2 Å². The molecule has 5 nitrogen and oxygen atoms in total. The van der Waals surface area contributed by atoms with E-state index in [9.17, 15) is 13.6 Å². The normalized spacial score (nSPS) is 25.4. The monoisotopic (exact) mass is 283 g/mol. The van der Waals surface area contributed by atoms with Gasteiger partial charge in [-0.25, -0.2) is 0 Å². The Hall–Kier alpha value is -1.40. The average molecular weight is 283 g/mol. The second kappa shape index (κ2) is 7.25. The summed E-state index contributed by atoms with van der Waals surface area (Å²) >= 11 is -2.31. The van der Waals surface area contributed by atoms with Gasteiger partial charge in [-0.15, -0.1) is 0 Å². The maximum absolute atomic E-state index is 11.3. The van der Waals surface area contributed by atoms with Gasteiger partial charge in [-0.3, -0.25) is 9.00 Å². The van der Waals surface area contributed by atoms with Crippen molar-refractivity contribution in [2.24, 2.45) is 5.92 Å². The summed E-state index contributed by atoms with van der Waals surface area (Å²) in [6, 6.07) is 0. The van der Waals surface area contributed by atoms with Gasteiger partial charge in [0.2, 0.25) is 5.91 Å². The van der Waals surface area contributed by atoms with Gasteiger partial charge in [0.05, 0.1) is 0 Å². The lowest BCUT2D eigenvalue weighted by molar-refractivity contribution is -0.119. The molecule has 0 aromatic heterocycles. The lowest BCUT2D eigenvalue weighted by atomic mass is 9.92. The lowest BCUT2D eigenvalue weighted by Gasteiger charge is -2.38. The van der Waals surface area contributed by atoms with Crippen LogP contribution in [0.5, 0.6) is 0 Å². The van der Waals surface area contributed by atoms with Crippen LogP contribution in [0.25, 0.3) is 0 Å². The summed E-state index contributed by atoms with van der Waals surface area (Å²) < 4.78 is 23.9. The first-order valence-corrected chi connectivity index (χ1v) is 7.12. The molecule has 6 heteroatoms. The molecule has 0 aliphatic carbocycles. The van der Waals surface area contributed by atoms with Gasteiger partial charge in [0.25, 0.3) is 0 Å². The van der Waals surface area contributed by atoms with Crippen LogP contribution in [0.15, 0.2) is 36.1 Å². The van der Waals surface area contributed by atoms with Crippen molar-refractivity contribution in [1.29, 1.82) is 0 Å². The topological polar surface area (TPSA) is 72.5 Å². The molecule has 0 radical (unpaired) electrons. The molecule has 0 aromatic rings. The summed E-state index contributed by atoms with van der Waals surface area (Å²) in [5.74, 6) is -0.0439. The van der Waals surface area contributed by atoms with E-state index in [1.54, 1.807) is 19.1 Å². The van der Waals surface area contributed by atoms with Crippen LogP contribution < -0.4 is 5.32 Å². The molecule has 1 fully saturated rings. The van der Waals surface area contributed by atoms with Crippen LogP contribution in [-0.2, 0) is 16.1 Å². The SMILES string of the molecule is C=C/C=C1/C[C@@H](CNC(C)=O)CN(S(=O)[O-])/C1=C/C. The van der Waals surface area contributed by atoms with Crippen LogP contribution in [-0.4, -0.2) is 32.1 Å². The predicted octanol–water partition coefficient (Wildman–Crippen LogP) is 1.25. The highest BCUT2D eigenvalue weighted by Crippen LogP contribution is 2.30. The van der Waals surface area contributed by atoms with E-state index in [1.807, 2.05) is 6.08 Å². The number of rotatable bonds is 4. The van der Waals surface area contributed by atoms with E-state index in [-0.39, 0.29) is 11.8 Å². The van der Waals surface area contributed by atoms with E-state index < -0.39 is 11.3 Å². The standard InChI is InChI=1S/C13H20N2O3S/c1-4-6-12-7-11(8-14-10(3)16)9-15(19(17)18)13(12)5-2/h4-6,11H,1,7-9H2,2-3H3,(H,14,16)(H,17,18)/p-1/b12-6-,13-5+/t11-/m0/s1. The number of carbonyl (C=O) groups is 1. The molecule has 1 saturated heterocycles. The van der Waals surface area contributed by atoms with Crippen molar-refractivity contribution in [1.82, 2.24) is 9.62 Å². The Morgan fingerprint density at radius 3 is 2.84 bits per heavy atom. The maximum Gasteiger partial charge on any atom is 0.216 e. The molecule has 2 atom stereocenters. The number of carbonyl (C=O) groups excluding carboxylic acids is 1. The Morgan fingerprint density at radius 2 is 2.37 bits per heavy atom. The highest BCUT2D eigenvalue weighted by molar-refractivity contribution is 7.76. The Morgan fingerprint density at radius 1 is 1.68 bits per heavy atom. The van der Waals surface area contributed by atoms with Gasteiger partial charge in [0.15, 0.2) is 0 Å². The molecule has 19 heavy (non-hydrogen) atoms. The van der Waals surface area contributed by atoms with E-state index in [0.29, 0.717) is 18.8 Å². The minimum atomic E-state index is -2.31. The zero-order valence-corrected chi connectivity index (χ0v) is 12.0. The number of piperidine rings is 1. The molecule has 1 heterocycles. The molecule has 1 aliphatic heterocycles. The van der Waals surface area contributed by atoms with Crippen molar-refractivity contribution in [3.8, 4) is 0 Å². The number of allylic oxidation sites excluding steroid dienone is 4. The van der Waals surface area contributed by atoms with E-state index in [4.69, 9.17) is 0 Å². The highest BCUT2D eigenvalue weighted by atomic mass is 32.2. The molecule has 106 valence electrons. The van der Waals surface area contributed by atoms with Crippen LogP contribution >= 0.6 is 0 Å². The summed E-state index contributed by atoms with van der Waals surface area (Å²) in [6.45, 7) is 7.75. The van der Waals surface area contributed by atoms with Gasteiger partial charge in [0.1, 0.15) is 0 Å². The Bertz CT molecular complexity index is 443. The van der Waals surface area contributed by atoms with E-state index >= 15 is 0 Å². The smallest absolute Gasteiger partial charge is 0.216 e. The minimum Gasteiger partial charge on any atom is -0.755 e. The summed E-state index contributed by atoms with van der Waals surface area (Å²) in [5, 5.41) is 2.73. The number of hydrogen-bond donors (Lipinski definition) is 1.